The Bertz CT molecular complexity index is 1900. The molecule has 0 saturated carbocycles. The second-order valence-corrected chi connectivity index (χ2v) is 11.0. The molecule has 1 aliphatic heterocycles. The predicted octanol–water partition coefficient (Wildman–Crippen LogP) is 7.92. The highest BCUT2D eigenvalue weighted by molar-refractivity contribution is 6.62. The van der Waals surface area contributed by atoms with Gasteiger partial charge in [-0.05, 0) is 56.3 Å². The van der Waals surface area contributed by atoms with Crippen LogP contribution in [0.25, 0.3) is 55.0 Å². The Morgan fingerprint density at radius 2 is 0.950 bits per heavy atom. The van der Waals surface area contributed by atoms with Crippen molar-refractivity contribution in [2.24, 2.45) is 0 Å². The summed E-state index contributed by atoms with van der Waals surface area (Å²) < 4.78 is 17.3. The normalized spacial score (nSPS) is 15.1. The summed E-state index contributed by atoms with van der Waals surface area (Å²) in [6.45, 7) is 8.13. The van der Waals surface area contributed by atoms with Crippen LogP contribution in [-0.2, 0) is 9.31 Å². The molecule has 0 amide bonds. The largest absolute Gasteiger partial charge is 0.563 e. The summed E-state index contributed by atoms with van der Waals surface area (Å²) in [5, 5.41) is 4.91. The van der Waals surface area contributed by atoms with Crippen LogP contribution in [0.4, 0.5) is 0 Å². The van der Waals surface area contributed by atoms with Crippen LogP contribution in [0.1, 0.15) is 13.8 Å². The lowest BCUT2D eigenvalue weighted by atomic mass is 9.78. The first-order valence-electron chi connectivity index (χ1n) is 13.7. The first-order valence-corrected chi connectivity index (χ1v) is 13.7. The fourth-order valence-electron chi connectivity index (χ4n) is 6.18. The van der Waals surface area contributed by atoms with Gasteiger partial charge in [0, 0.05) is 38.4 Å². The summed E-state index contributed by atoms with van der Waals surface area (Å²) in [6, 6.07) is 41.0. The van der Waals surface area contributed by atoms with E-state index in [9.17, 15) is 0 Å². The average molecular weight is 518 g/mol. The topological polar surface area (TPSA) is 28.3 Å². The van der Waals surface area contributed by atoms with Crippen molar-refractivity contribution in [1.29, 1.82) is 0 Å². The van der Waals surface area contributed by atoms with Crippen molar-refractivity contribution < 1.29 is 9.31 Å². The number of hydrogen-bond acceptors (Lipinski definition) is 2. The minimum absolute atomic E-state index is 0.553. The Morgan fingerprint density at radius 1 is 0.575 bits per heavy atom. The van der Waals surface area contributed by atoms with E-state index in [4.69, 9.17) is 9.31 Å². The first-order chi connectivity index (χ1) is 19.5. The quantitative estimate of drug-likeness (QED) is 0.222. The van der Waals surface area contributed by atoms with Gasteiger partial charge in [0.05, 0.1) is 27.8 Å². The number of hydrogen-bond donors (Lipinski definition) is 0. The SMILES string of the molecule is C=C1OB(c2cc(-n3c4ccccc4c4ccccc43)cc(-n3c4ccccc4c4ccccc43)c2)OC1(C)C. The van der Waals surface area contributed by atoms with Gasteiger partial charge < -0.3 is 18.4 Å². The van der Waals surface area contributed by atoms with Crippen molar-refractivity contribution >= 4 is 56.2 Å². The van der Waals surface area contributed by atoms with Gasteiger partial charge in [-0.1, -0.05) is 79.4 Å². The highest BCUT2D eigenvalue weighted by atomic mass is 16.7. The molecule has 7 aromatic rings. The van der Waals surface area contributed by atoms with Gasteiger partial charge in [-0.25, -0.2) is 0 Å². The summed E-state index contributed by atoms with van der Waals surface area (Å²) in [4.78, 5) is 0. The number of aromatic nitrogens is 2. The molecule has 2 aromatic heterocycles. The molecule has 0 aliphatic carbocycles. The standard InChI is InChI=1S/C35H27BN2O2/c1-23-35(2,3)40-36(39-23)24-20-25(37-31-16-8-4-12-27(31)28-13-5-9-17-32(28)37)22-26(21-24)38-33-18-10-6-14-29(33)30-15-7-11-19-34(30)38/h4-22H,1H2,2-3H3. The molecule has 0 radical (unpaired) electrons. The molecule has 1 fully saturated rings. The second-order valence-electron chi connectivity index (χ2n) is 11.0. The smallest absolute Gasteiger partial charge is 0.534 e. The minimum Gasteiger partial charge on any atom is -0.534 e. The molecule has 192 valence electrons. The highest BCUT2D eigenvalue weighted by Crippen LogP contribution is 2.36. The van der Waals surface area contributed by atoms with Crippen LogP contribution in [0, 0.1) is 0 Å². The molecule has 0 N–H and O–H groups in total. The van der Waals surface area contributed by atoms with Crippen molar-refractivity contribution in [3.63, 3.8) is 0 Å². The minimum atomic E-state index is -0.569. The molecular weight excluding hydrogens is 491 g/mol. The van der Waals surface area contributed by atoms with Crippen LogP contribution in [-0.4, -0.2) is 21.9 Å². The lowest BCUT2D eigenvalue weighted by Gasteiger charge is -2.17. The Balaban J connectivity index is 1.46. The zero-order valence-electron chi connectivity index (χ0n) is 22.5. The van der Waals surface area contributed by atoms with E-state index in [2.05, 4.69) is 131 Å². The number of fused-ring (bicyclic) bond motifs is 6. The maximum Gasteiger partial charge on any atom is 0.563 e. The Kier molecular flexibility index (Phi) is 4.86. The summed E-state index contributed by atoms with van der Waals surface area (Å²) in [5.74, 6) is 0.637. The summed E-state index contributed by atoms with van der Waals surface area (Å²) in [6.07, 6.45) is 0. The van der Waals surface area contributed by atoms with Gasteiger partial charge in [0.15, 0.2) is 0 Å². The van der Waals surface area contributed by atoms with Crippen molar-refractivity contribution in [3.8, 4) is 11.4 Å². The highest BCUT2D eigenvalue weighted by Gasteiger charge is 2.43. The maximum absolute atomic E-state index is 6.40. The maximum atomic E-state index is 6.40. The molecular formula is C35H27BN2O2. The van der Waals surface area contributed by atoms with Crippen LogP contribution in [0.2, 0.25) is 0 Å². The molecule has 0 unspecified atom stereocenters. The lowest BCUT2D eigenvalue weighted by molar-refractivity contribution is 0.173. The molecule has 0 spiro atoms. The van der Waals surface area contributed by atoms with E-state index in [1.165, 1.54) is 21.5 Å². The van der Waals surface area contributed by atoms with Gasteiger partial charge in [-0.15, -0.1) is 0 Å². The molecule has 8 rings (SSSR count). The van der Waals surface area contributed by atoms with Gasteiger partial charge in [-0.2, -0.15) is 0 Å². The Hall–Kier alpha value is -4.74. The van der Waals surface area contributed by atoms with Crippen LogP contribution in [0.3, 0.4) is 0 Å². The van der Waals surface area contributed by atoms with Gasteiger partial charge in [-0.3, -0.25) is 0 Å². The third kappa shape index (κ3) is 3.31. The number of benzene rings is 5. The van der Waals surface area contributed by atoms with Crippen LogP contribution in [0.15, 0.2) is 128 Å². The molecule has 5 heteroatoms. The van der Waals surface area contributed by atoms with E-state index in [0.717, 1.165) is 38.9 Å². The molecule has 40 heavy (non-hydrogen) atoms. The molecule has 1 saturated heterocycles. The fraction of sp³-hybridized carbons (Fsp3) is 0.0857. The van der Waals surface area contributed by atoms with Crippen molar-refractivity contribution in [1.82, 2.24) is 9.13 Å². The fourth-order valence-corrected chi connectivity index (χ4v) is 6.18. The lowest BCUT2D eigenvalue weighted by Crippen LogP contribution is -2.35. The third-order valence-corrected chi connectivity index (χ3v) is 8.20. The molecule has 1 aliphatic rings. The van der Waals surface area contributed by atoms with Gasteiger partial charge in [0.25, 0.3) is 0 Å². The summed E-state index contributed by atoms with van der Waals surface area (Å²) >= 11 is 0. The van der Waals surface area contributed by atoms with E-state index in [-0.39, 0.29) is 0 Å². The van der Waals surface area contributed by atoms with Crippen LogP contribution >= 0.6 is 0 Å². The van der Waals surface area contributed by atoms with Gasteiger partial charge in [0.1, 0.15) is 5.60 Å². The molecule has 4 nitrogen and oxygen atoms in total. The van der Waals surface area contributed by atoms with Crippen LogP contribution < -0.4 is 5.46 Å². The summed E-state index contributed by atoms with van der Waals surface area (Å²) in [7, 11) is -0.553. The second kappa shape index (κ2) is 8.38. The van der Waals surface area contributed by atoms with Gasteiger partial charge >= 0.3 is 7.12 Å². The zero-order valence-corrected chi connectivity index (χ0v) is 22.5. The van der Waals surface area contributed by atoms with Crippen molar-refractivity contribution in [2.75, 3.05) is 0 Å². The van der Waals surface area contributed by atoms with Gasteiger partial charge in [0.2, 0.25) is 0 Å². The van der Waals surface area contributed by atoms with E-state index in [1.54, 1.807) is 0 Å². The average Bonchev–Trinajstić information content (AvgIpc) is 3.59. The van der Waals surface area contributed by atoms with E-state index in [1.807, 2.05) is 13.8 Å². The zero-order chi connectivity index (χ0) is 27.0. The predicted molar refractivity (Wildman–Crippen MR) is 166 cm³/mol. The van der Waals surface area contributed by atoms with E-state index < -0.39 is 12.7 Å². The van der Waals surface area contributed by atoms with E-state index in [0.29, 0.717) is 5.76 Å². The van der Waals surface area contributed by atoms with E-state index >= 15 is 0 Å². The molecule has 0 bridgehead atoms. The summed E-state index contributed by atoms with van der Waals surface area (Å²) in [5.41, 5.74) is 7.12. The molecule has 0 atom stereocenters. The van der Waals surface area contributed by atoms with Crippen molar-refractivity contribution in [2.45, 2.75) is 19.4 Å². The first kappa shape index (κ1) is 23.2. The Labute approximate surface area is 232 Å². The number of para-hydroxylation sites is 4. The number of rotatable bonds is 3. The molecule has 5 aromatic carbocycles. The number of nitrogens with zero attached hydrogens (tertiary/aromatic N) is 2. The molecule has 3 heterocycles. The Morgan fingerprint density at radius 3 is 1.30 bits per heavy atom. The monoisotopic (exact) mass is 518 g/mol. The van der Waals surface area contributed by atoms with Crippen molar-refractivity contribution in [3.05, 3.63) is 128 Å². The van der Waals surface area contributed by atoms with Crippen LogP contribution in [0.5, 0.6) is 0 Å². The third-order valence-electron chi connectivity index (χ3n) is 8.20.